The molecule has 29 heavy (non-hydrogen) atoms. The smallest absolute Gasteiger partial charge is 0.142 e. The number of aldehydes is 1. The largest absolute Gasteiger partial charge is 0.302 e. The molecule has 2 aliphatic heterocycles. The summed E-state index contributed by atoms with van der Waals surface area (Å²) < 4.78 is 44.4. The number of piperazine rings is 1. The second kappa shape index (κ2) is 7.87. The zero-order valence-corrected chi connectivity index (χ0v) is 17.5. The number of hydrogen-bond donors (Lipinski definition) is 0. The molecule has 0 spiro atoms. The Morgan fingerprint density at radius 1 is 1.24 bits per heavy atom. The second-order valence-electron chi connectivity index (χ2n) is 7.85. The molecular weight excluding hydrogens is 418 g/mol. The molecule has 0 aliphatic carbocycles. The van der Waals surface area contributed by atoms with Gasteiger partial charge >= 0.3 is 0 Å². The molecule has 2 aromatic carbocycles. The zero-order valence-electron chi connectivity index (χ0n) is 15.9. The van der Waals surface area contributed by atoms with Crippen molar-refractivity contribution in [2.75, 3.05) is 20.1 Å². The van der Waals surface area contributed by atoms with E-state index in [1.54, 1.807) is 28.6 Å². The fraction of sp³-hybridized carbons (Fsp3) is 0.381. The summed E-state index contributed by atoms with van der Waals surface area (Å²) in [5, 5.41) is 0.548. The standard InChI is InChI=1S/C21H21ClF2N2O2S/c1-25-11-16-6-7-21(12-25,13-27)26(16)29(28)17-9-19(23)18(20(24)10-17)8-14-2-4-15(22)5-3-14/h2-5,9-10,13,16H,6-8,11-12H2,1H3. The maximum absolute atomic E-state index is 14.8. The van der Waals surface area contributed by atoms with Crippen molar-refractivity contribution in [2.24, 2.45) is 0 Å². The van der Waals surface area contributed by atoms with Crippen molar-refractivity contribution in [2.45, 2.75) is 35.7 Å². The normalized spacial score (nSPS) is 25.9. The van der Waals surface area contributed by atoms with Crippen LogP contribution in [0.2, 0.25) is 5.02 Å². The number of carbonyl (C=O) groups is 1. The summed E-state index contributed by atoms with van der Waals surface area (Å²) >= 11 is 5.85. The lowest BCUT2D eigenvalue weighted by atomic mass is 9.99. The van der Waals surface area contributed by atoms with E-state index < -0.39 is 28.2 Å². The van der Waals surface area contributed by atoms with Crippen LogP contribution >= 0.6 is 11.6 Å². The third kappa shape index (κ3) is 3.77. The first-order valence-corrected chi connectivity index (χ1v) is 10.9. The molecule has 4 rings (SSSR count). The molecule has 4 nitrogen and oxygen atoms in total. The van der Waals surface area contributed by atoms with E-state index in [4.69, 9.17) is 11.6 Å². The Labute approximate surface area is 176 Å². The summed E-state index contributed by atoms with van der Waals surface area (Å²) in [6.07, 6.45) is 2.23. The topological polar surface area (TPSA) is 40.6 Å². The van der Waals surface area contributed by atoms with E-state index >= 15 is 0 Å². The van der Waals surface area contributed by atoms with Gasteiger partial charge in [-0.3, -0.25) is 0 Å². The number of rotatable bonds is 5. The lowest BCUT2D eigenvalue weighted by molar-refractivity contribution is -0.117. The highest BCUT2D eigenvalue weighted by atomic mass is 35.5. The van der Waals surface area contributed by atoms with Crippen LogP contribution in [0.25, 0.3) is 0 Å². The monoisotopic (exact) mass is 438 g/mol. The summed E-state index contributed by atoms with van der Waals surface area (Å²) in [5.41, 5.74) is -0.241. The molecule has 8 heteroatoms. The third-order valence-corrected chi connectivity index (χ3v) is 7.67. The molecule has 0 saturated carbocycles. The highest BCUT2D eigenvalue weighted by Gasteiger charge is 2.53. The number of likely N-dealkylation sites (tertiary alicyclic amines) is 1. The summed E-state index contributed by atoms with van der Waals surface area (Å²) in [5.74, 6) is -1.49. The number of fused-ring (bicyclic) bond motifs is 2. The van der Waals surface area contributed by atoms with Crippen LogP contribution in [-0.4, -0.2) is 51.4 Å². The molecule has 2 saturated heterocycles. The molecule has 154 valence electrons. The molecular formula is C21H21ClF2N2O2S. The number of carbonyl (C=O) groups excluding carboxylic acids is 1. The number of halogens is 3. The second-order valence-corrected chi connectivity index (χ2v) is 9.65. The minimum absolute atomic E-state index is 0.0440. The highest BCUT2D eigenvalue weighted by molar-refractivity contribution is 7.82. The molecule has 0 amide bonds. The first kappa shape index (κ1) is 20.6. The van der Waals surface area contributed by atoms with Crippen LogP contribution in [0.4, 0.5) is 8.78 Å². The first-order valence-electron chi connectivity index (χ1n) is 9.41. The van der Waals surface area contributed by atoms with Gasteiger partial charge in [-0.15, -0.1) is 0 Å². The molecule has 2 aromatic rings. The van der Waals surface area contributed by atoms with E-state index in [9.17, 15) is 17.8 Å². The zero-order chi connectivity index (χ0) is 20.8. The quantitative estimate of drug-likeness (QED) is 0.670. The van der Waals surface area contributed by atoms with Crippen LogP contribution in [0.1, 0.15) is 24.0 Å². The SMILES string of the molecule is CN1CC2CCC(C=O)(C1)N2S(=O)c1cc(F)c(Cc2ccc(Cl)cc2)c(F)c1. The van der Waals surface area contributed by atoms with Gasteiger partial charge in [0, 0.05) is 36.1 Å². The van der Waals surface area contributed by atoms with Crippen molar-refractivity contribution in [1.82, 2.24) is 9.21 Å². The lowest BCUT2D eigenvalue weighted by Crippen LogP contribution is -2.61. The van der Waals surface area contributed by atoms with Crippen molar-refractivity contribution >= 4 is 28.9 Å². The summed E-state index contributed by atoms with van der Waals surface area (Å²) in [6, 6.07) is 8.92. The van der Waals surface area contributed by atoms with E-state index in [2.05, 4.69) is 0 Å². The van der Waals surface area contributed by atoms with Gasteiger partial charge in [0.15, 0.2) is 0 Å². The average molecular weight is 439 g/mol. The van der Waals surface area contributed by atoms with Crippen LogP contribution in [-0.2, 0) is 22.2 Å². The predicted octanol–water partition coefficient (Wildman–Crippen LogP) is 3.58. The summed E-state index contributed by atoms with van der Waals surface area (Å²) in [7, 11) is 0.0963. The van der Waals surface area contributed by atoms with Crippen LogP contribution < -0.4 is 0 Å². The Hall–Kier alpha value is -1.67. The molecule has 2 heterocycles. The average Bonchev–Trinajstić information content (AvgIpc) is 2.93. The van der Waals surface area contributed by atoms with Crippen molar-refractivity contribution in [3.8, 4) is 0 Å². The van der Waals surface area contributed by atoms with Gasteiger partial charge in [-0.1, -0.05) is 23.7 Å². The van der Waals surface area contributed by atoms with Gasteiger partial charge in [0.25, 0.3) is 0 Å². The van der Waals surface area contributed by atoms with Gasteiger partial charge in [-0.05, 0) is 49.7 Å². The minimum Gasteiger partial charge on any atom is -0.302 e. The number of hydrogen-bond acceptors (Lipinski definition) is 3. The van der Waals surface area contributed by atoms with Gasteiger partial charge in [0.1, 0.15) is 34.4 Å². The van der Waals surface area contributed by atoms with E-state index in [1.807, 2.05) is 11.9 Å². The molecule has 3 atom stereocenters. The number of likely N-dealkylation sites (N-methyl/N-ethyl adjacent to an activating group) is 1. The summed E-state index contributed by atoms with van der Waals surface area (Å²) in [6.45, 7) is 1.12. The first-order chi connectivity index (χ1) is 13.8. The third-order valence-electron chi connectivity index (χ3n) is 5.76. The van der Waals surface area contributed by atoms with Gasteiger partial charge in [-0.2, -0.15) is 0 Å². The Morgan fingerprint density at radius 2 is 1.90 bits per heavy atom. The lowest BCUT2D eigenvalue weighted by Gasteiger charge is -2.43. The van der Waals surface area contributed by atoms with Gasteiger partial charge < -0.3 is 9.69 Å². The maximum atomic E-state index is 14.8. The van der Waals surface area contributed by atoms with E-state index in [1.165, 1.54) is 0 Å². The molecule has 0 aromatic heterocycles. The number of nitrogens with zero attached hydrogens (tertiary/aromatic N) is 2. The molecule has 2 bridgehead atoms. The molecule has 2 fully saturated rings. The fourth-order valence-electron chi connectivity index (χ4n) is 4.43. The van der Waals surface area contributed by atoms with Crippen LogP contribution in [0.15, 0.2) is 41.3 Å². The fourth-order valence-corrected chi connectivity index (χ4v) is 6.16. The van der Waals surface area contributed by atoms with Gasteiger partial charge in [0.2, 0.25) is 0 Å². The van der Waals surface area contributed by atoms with Crippen LogP contribution in [0.5, 0.6) is 0 Å². The van der Waals surface area contributed by atoms with Crippen molar-refractivity contribution in [3.05, 3.63) is 64.2 Å². The van der Waals surface area contributed by atoms with Crippen LogP contribution in [0.3, 0.4) is 0 Å². The predicted molar refractivity (Wildman–Crippen MR) is 108 cm³/mol. The molecule has 2 aliphatic rings. The Balaban J connectivity index is 1.63. The summed E-state index contributed by atoms with van der Waals surface area (Å²) in [4.78, 5) is 14.0. The van der Waals surface area contributed by atoms with Gasteiger partial charge in [-0.25, -0.2) is 17.3 Å². The molecule has 0 N–H and O–H groups in total. The Kier molecular flexibility index (Phi) is 5.59. The maximum Gasteiger partial charge on any atom is 0.142 e. The van der Waals surface area contributed by atoms with E-state index in [0.717, 1.165) is 30.4 Å². The van der Waals surface area contributed by atoms with E-state index in [0.29, 0.717) is 24.5 Å². The number of benzene rings is 2. The van der Waals surface area contributed by atoms with Crippen molar-refractivity contribution in [1.29, 1.82) is 0 Å². The molecule has 3 unspecified atom stereocenters. The highest BCUT2D eigenvalue weighted by Crippen LogP contribution is 2.40. The van der Waals surface area contributed by atoms with Gasteiger partial charge in [0.05, 0.1) is 4.90 Å². The van der Waals surface area contributed by atoms with E-state index in [-0.39, 0.29) is 22.9 Å². The van der Waals surface area contributed by atoms with Crippen molar-refractivity contribution in [3.63, 3.8) is 0 Å². The minimum atomic E-state index is -1.82. The van der Waals surface area contributed by atoms with Crippen LogP contribution in [0, 0.1) is 11.6 Å². The Bertz CT molecular complexity index is 949. The van der Waals surface area contributed by atoms with Crippen molar-refractivity contribution < 1.29 is 17.8 Å². The molecule has 0 radical (unpaired) electrons. The Morgan fingerprint density at radius 3 is 2.52 bits per heavy atom.